The molecule has 1 aromatic rings. The highest BCUT2D eigenvalue weighted by atomic mass is 16.5. The van der Waals surface area contributed by atoms with Gasteiger partial charge in [0, 0.05) is 20.6 Å². The summed E-state index contributed by atoms with van der Waals surface area (Å²) in [6.45, 7) is 10.5. The van der Waals surface area contributed by atoms with Gasteiger partial charge in [-0.15, -0.1) is 0 Å². The van der Waals surface area contributed by atoms with Crippen LogP contribution in [-0.2, 0) is 10.2 Å². The smallest absolute Gasteiger partial charge is 0.243 e. The van der Waals surface area contributed by atoms with Crippen LogP contribution in [0, 0.1) is 0 Å². The Balaban J connectivity index is 2.49. The number of nitrogens with one attached hydrogen (secondary N) is 2. The van der Waals surface area contributed by atoms with Crippen LogP contribution in [0.2, 0.25) is 0 Å². The first-order valence-corrected chi connectivity index (χ1v) is 8.69. The number of amides is 1. The molecule has 0 atom stereocenters. The van der Waals surface area contributed by atoms with Crippen LogP contribution in [-0.4, -0.2) is 57.1 Å². The molecule has 1 amide bonds. The summed E-state index contributed by atoms with van der Waals surface area (Å²) in [5.74, 6) is 1.44. The van der Waals surface area contributed by atoms with Crippen LogP contribution in [0.1, 0.15) is 33.3 Å². The van der Waals surface area contributed by atoms with E-state index in [1.165, 1.54) is 10.5 Å². The number of benzene rings is 1. The van der Waals surface area contributed by atoms with E-state index in [-0.39, 0.29) is 17.9 Å². The standard InChI is InChI=1S/C19H32N4O2/c1-7-20-18(22-14-17(24)23(5)6)21-11-12-25-16-10-8-9-15(13-16)19(2,3)4/h8-10,13H,7,11-12,14H2,1-6H3,(H2,20,21,22). The fourth-order valence-corrected chi connectivity index (χ4v) is 2.02. The predicted molar refractivity (Wildman–Crippen MR) is 103 cm³/mol. The zero-order valence-corrected chi connectivity index (χ0v) is 16.3. The highest BCUT2D eigenvalue weighted by Gasteiger charge is 2.13. The van der Waals surface area contributed by atoms with Gasteiger partial charge in [0.25, 0.3) is 0 Å². The summed E-state index contributed by atoms with van der Waals surface area (Å²) in [6.07, 6.45) is 0. The van der Waals surface area contributed by atoms with E-state index in [4.69, 9.17) is 4.74 Å². The van der Waals surface area contributed by atoms with E-state index in [2.05, 4.69) is 48.5 Å². The summed E-state index contributed by atoms with van der Waals surface area (Å²) in [5, 5.41) is 6.29. The highest BCUT2D eigenvalue weighted by molar-refractivity contribution is 5.84. The molecule has 0 bridgehead atoms. The van der Waals surface area contributed by atoms with E-state index in [0.29, 0.717) is 19.1 Å². The van der Waals surface area contributed by atoms with E-state index >= 15 is 0 Å². The summed E-state index contributed by atoms with van der Waals surface area (Å²) >= 11 is 0. The minimum Gasteiger partial charge on any atom is -0.492 e. The summed E-state index contributed by atoms with van der Waals surface area (Å²) in [5.41, 5.74) is 1.34. The molecule has 1 rings (SSSR count). The number of nitrogens with zero attached hydrogens (tertiary/aromatic N) is 2. The molecule has 0 aliphatic heterocycles. The molecule has 0 heterocycles. The van der Waals surface area contributed by atoms with Gasteiger partial charge in [-0.1, -0.05) is 32.9 Å². The number of guanidine groups is 1. The van der Waals surface area contributed by atoms with E-state index in [1.807, 2.05) is 19.1 Å². The van der Waals surface area contributed by atoms with Crippen LogP contribution in [0.5, 0.6) is 5.75 Å². The number of hydrogen-bond acceptors (Lipinski definition) is 3. The largest absolute Gasteiger partial charge is 0.492 e. The maximum absolute atomic E-state index is 11.6. The molecule has 0 aliphatic carbocycles. The molecule has 6 nitrogen and oxygen atoms in total. The van der Waals surface area contributed by atoms with E-state index in [0.717, 1.165) is 12.3 Å². The topological polar surface area (TPSA) is 66.0 Å². The van der Waals surface area contributed by atoms with Crippen LogP contribution >= 0.6 is 0 Å². The number of hydrogen-bond donors (Lipinski definition) is 2. The lowest BCUT2D eigenvalue weighted by atomic mass is 9.87. The van der Waals surface area contributed by atoms with Crippen molar-refractivity contribution in [1.82, 2.24) is 15.5 Å². The number of carbonyl (C=O) groups excluding carboxylic acids is 1. The maximum Gasteiger partial charge on any atom is 0.243 e. The van der Waals surface area contributed by atoms with Crippen LogP contribution in [0.3, 0.4) is 0 Å². The van der Waals surface area contributed by atoms with E-state index in [1.54, 1.807) is 14.1 Å². The molecule has 25 heavy (non-hydrogen) atoms. The lowest BCUT2D eigenvalue weighted by molar-refractivity contribution is -0.127. The van der Waals surface area contributed by atoms with Gasteiger partial charge >= 0.3 is 0 Å². The molecule has 0 radical (unpaired) electrons. The van der Waals surface area contributed by atoms with E-state index in [9.17, 15) is 4.79 Å². The molecule has 140 valence electrons. The van der Waals surface area contributed by atoms with Gasteiger partial charge < -0.3 is 20.3 Å². The Labute approximate surface area is 151 Å². The number of aliphatic imine (C=N–C) groups is 1. The van der Waals surface area contributed by atoms with Crippen molar-refractivity contribution in [3.05, 3.63) is 29.8 Å². The quantitative estimate of drug-likeness (QED) is 0.449. The first kappa shape index (κ1) is 20.8. The van der Waals surface area contributed by atoms with Crippen LogP contribution < -0.4 is 15.4 Å². The average Bonchev–Trinajstić information content (AvgIpc) is 2.55. The second-order valence-electron chi connectivity index (χ2n) is 7.04. The summed E-state index contributed by atoms with van der Waals surface area (Å²) in [4.78, 5) is 17.4. The second kappa shape index (κ2) is 9.91. The van der Waals surface area contributed by atoms with Crippen molar-refractivity contribution in [3.8, 4) is 5.75 Å². The monoisotopic (exact) mass is 348 g/mol. The van der Waals surface area contributed by atoms with Gasteiger partial charge in [-0.05, 0) is 30.0 Å². The molecule has 0 spiro atoms. The molecular formula is C19H32N4O2. The third-order valence-electron chi connectivity index (χ3n) is 3.58. The van der Waals surface area contributed by atoms with Gasteiger partial charge in [0.05, 0.1) is 6.54 Å². The SMILES string of the molecule is CCNC(=NCC(=O)N(C)C)NCCOc1cccc(C(C)(C)C)c1. The van der Waals surface area contributed by atoms with E-state index < -0.39 is 0 Å². The van der Waals surface area contributed by atoms with Gasteiger partial charge in [-0.3, -0.25) is 4.79 Å². The first-order valence-electron chi connectivity index (χ1n) is 8.69. The van der Waals surface area contributed by atoms with Crippen molar-refractivity contribution < 1.29 is 9.53 Å². The number of ether oxygens (including phenoxy) is 1. The molecule has 0 fully saturated rings. The Kier molecular flexibility index (Phi) is 8.25. The van der Waals surface area contributed by atoms with Gasteiger partial charge in [-0.25, -0.2) is 4.99 Å². The Morgan fingerprint density at radius 3 is 2.56 bits per heavy atom. The van der Waals surface area contributed by atoms with Crippen LogP contribution in [0.15, 0.2) is 29.3 Å². The number of likely N-dealkylation sites (N-methyl/N-ethyl adjacent to an activating group) is 1. The minimum absolute atomic E-state index is 0.0348. The third-order valence-corrected chi connectivity index (χ3v) is 3.58. The second-order valence-corrected chi connectivity index (χ2v) is 7.04. The normalized spacial score (nSPS) is 11.8. The van der Waals surface area contributed by atoms with Gasteiger partial charge in [0.1, 0.15) is 18.9 Å². The van der Waals surface area contributed by atoms with Gasteiger partial charge in [0.15, 0.2) is 5.96 Å². The summed E-state index contributed by atoms with van der Waals surface area (Å²) in [7, 11) is 3.44. The molecule has 0 aromatic heterocycles. The lowest BCUT2D eigenvalue weighted by Gasteiger charge is -2.20. The molecule has 6 heteroatoms. The molecular weight excluding hydrogens is 316 g/mol. The van der Waals surface area contributed by atoms with Crippen molar-refractivity contribution in [3.63, 3.8) is 0 Å². The van der Waals surface area contributed by atoms with Gasteiger partial charge in [0.2, 0.25) is 5.91 Å². The maximum atomic E-state index is 11.6. The zero-order valence-electron chi connectivity index (χ0n) is 16.3. The summed E-state index contributed by atoms with van der Waals surface area (Å²) in [6, 6.07) is 8.17. The van der Waals surface area contributed by atoms with Crippen molar-refractivity contribution in [2.45, 2.75) is 33.1 Å². The predicted octanol–water partition coefficient (Wildman–Crippen LogP) is 2.01. The molecule has 0 saturated heterocycles. The molecule has 0 saturated carbocycles. The Morgan fingerprint density at radius 1 is 1.24 bits per heavy atom. The molecule has 1 aromatic carbocycles. The van der Waals surface area contributed by atoms with Crippen LogP contribution in [0.25, 0.3) is 0 Å². The fraction of sp³-hybridized carbons (Fsp3) is 0.579. The van der Waals surface area contributed by atoms with Crippen molar-refractivity contribution in [2.24, 2.45) is 4.99 Å². The van der Waals surface area contributed by atoms with Crippen molar-refractivity contribution in [1.29, 1.82) is 0 Å². The highest BCUT2D eigenvalue weighted by Crippen LogP contribution is 2.25. The molecule has 0 aliphatic rings. The Hall–Kier alpha value is -2.24. The molecule has 2 N–H and O–H groups in total. The Morgan fingerprint density at radius 2 is 1.96 bits per heavy atom. The number of carbonyl (C=O) groups is 1. The van der Waals surface area contributed by atoms with Crippen LogP contribution in [0.4, 0.5) is 0 Å². The summed E-state index contributed by atoms with van der Waals surface area (Å²) < 4.78 is 5.81. The molecule has 0 unspecified atom stereocenters. The van der Waals surface area contributed by atoms with Gasteiger partial charge in [-0.2, -0.15) is 0 Å². The van der Waals surface area contributed by atoms with Crippen molar-refractivity contribution in [2.75, 3.05) is 40.3 Å². The first-order chi connectivity index (χ1) is 11.7. The third kappa shape index (κ3) is 7.92. The minimum atomic E-state index is -0.0348. The lowest BCUT2D eigenvalue weighted by Crippen LogP contribution is -2.40. The van der Waals surface area contributed by atoms with Crippen molar-refractivity contribution >= 4 is 11.9 Å². The zero-order chi connectivity index (χ0) is 18.9. The Bertz CT molecular complexity index is 577. The number of rotatable bonds is 7. The average molecular weight is 348 g/mol. The fourth-order valence-electron chi connectivity index (χ4n) is 2.02.